The Balaban J connectivity index is 2.59. The highest BCUT2D eigenvalue weighted by Gasteiger charge is 2.10. The van der Waals surface area contributed by atoms with E-state index in [2.05, 4.69) is 5.32 Å². The number of aliphatic hydroxyl groups is 1. The maximum Gasteiger partial charge on any atom is 0.124 e. The first-order valence-electron chi connectivity index (χ1n) is 5.83. The Kier molecular flexibility index (Phi) is 5.25. The zero-order chi connectivity index (χ0) is 12.8. The predicted molar refractivity (Wildman–Crippen MR) is 67.4 cm³/mol. The summed E-state index contributed by atoms with van der Waals surface area (Å²) in [4.78, 5) is 0. The molecule has 0 spiro atoms. The first-order chi connectivity index (χ1) is 8.04. The normalized spacial score (nSPS) is 14.4. The van der Waals surface area contributed by atoms with Crippen molar-refractivity contribution in [1.29, 1.82) is 0 Å². The molecular weight excluding hydrogens is 218 g/mol. The molecule has 0 aliphatic heterocycles. The van der Waals surface area contributed by atoms with Gasteiger partial charge in [-0.25, -0.2) is 0 Å². The maximum absolute atomic E-state index is 9.83. The third kappa shape index (κ3) is 4.24. The van der Waals surface area contributed by atoms with E-state index in [-0.39, 0.29) is 17.9 Å². The highest BCUT2D eigenvalue weighted by molar-refractivity contribution is 5.41. The smallest absolute Gasteiger partial charge is 0.124 e. The van der Waals surface area contributed by atoms with Crippen LogP contribution in [0, 0.1) is 0 Å². The second-order valence-corrected chi connectivity index (χ2v) is 4.24. The highest BCUT2D eigenvalue weighted by Crippen LogP contribution is 2.28. The molecule has 0 bridgehead atoms. The number of hydrogen-bond acceptors (Lipinski definition) is 4. The van der Waals surface area contributed by atoms with Crippen molar-refractivity contribution < 1.29 is 14.9 Å². The van der Waals surface area contributed by atoms with Gasteiger partial charge in [-0.1, -0.05) is 6.07 Å². The number of ether oxygens (including phenoxy) is 1. The van der Waals surface area contributed by atoms with E-state index in [1.807, 2.05) is 19.1 Å². The number of nitrogens with one attached hydrogen (secondary N) is 1. The minimum absolute atomic E-state index is 0.0413. The van der Waals surface area contributed by atoms with E-state index in [0.717, 1.165) is 5.56 Å². The van der Waals surface area contributed by atoms with Crippen LogP contribution in [0.5, 0.6) is 11.5 Å². The Morgan fingerprint density at radius 2 is 2.06 bits per heavy atom. The van der Waals surface area contributed by atoms with Gasteiger partial charge in [0.05, 0.1) is 13.2 Å². The van der Waals surface area contributed by atoms with Gasteiger partial charge in [0, 0.05) is 17.7 Å². The molecule has 17 heavy (non-hydrogen) atoms. The fraction of sp³-hybridized carbons (Fsp3) is 0.538. The van der Waals surface area contributed by atoms with Crippen LogP contribution in [0.15, 0.2) is 18.2 Å². The summed E-state index contributed by atoms with van der Waals surface area (Å²) in [6.45, 7) is 4.45. The molecule has 1 aromatic carbocycles. The molecule has 0 radical (unpaired) electrons. The second kappa shape index (κ2) is 6.47. The Morgan fingerprint density at radius 3 is 2.59 bits per heavy atom. The van der Waals surface area contributed by atoms with Crippen LogP contribution in [-0.2, 0) is 0 Å². The lowest BCUT2D eigenvalue weighted by Gasteiger charge is -2.16. The quantitative estimate of drug-likeness (QED) is 0.708. The van der Waals surface area contributed by atoms with E-state index < -0.39 is 0 Å². The van der Waals surface area contributed by atoms with Gasteiger partial charge < -0.3 is 20.3 Å². The van der Waals surface area contributed by atoms with E-state index in [1.54, 1.807) is 20.1 Å². The molecule has 0 aliphatic rings. The number of hydrogen-bond donors (Lipinski definition) is 3. The lowest BCUT2D eigenvalue weighted by atomic mass is 10.1. The minimum Gasteiger partial charge on any atom is -0.507 e. The van der Waals surface area contributed by atoms with E-state index in [4.69, 9.17) is 9.84 Å². The van der Waals surface area contributed by atoms with Crippen LogP contribution >= 0.6 is 0 Å². The number of benzene rings is 1. The minimum atomic E-state index is -0.306. The van der Waals surface area contributed by atoms with Gasteiger partial charge in [0.15, 0.2) is 0 Å². The molecule has 96 valence electrons. The topological polar surface area (TPSA) is 61.7 Å². The molecule has 2 atom stereocenters. The van der Waals surface area contributed by atoms with Gasteiger partial charge >= 0.3 is 0 Å². The number of methoxy groups -OCH3 is 1. The third-order valence-corrected chi connectivity index (χ3v) is 2.72. The lowest BCUT2D eigenvalue weighted by Crippen LogP contribution is -2.22. The fourth-order valence-corrected chi connectivity index (χ4v) is 1.64. The summed E-state index contributed by atoms with van der Waals surface area (Å²) in [5.41, 5.74) is 0.830. The van der Waals surface area contributed by atoms with Crippen molar-refractivity contribution in [1.82, 2.24) is 5.32 Å². The summed E-state index contributed by atoms with van der Waals surface area (Å²) >= 11 is 0. The average Bonchev–Trinajstić information content (AvgIpc) is 2.28. The summed E-state index contributed by atoms with van der Waals surface area (Å²) in [5, 5.41) is 22.2. The molecule has 0 fully saturated rings. The monoisotopic (exact) mass is 239 g/mol. The van der Waals surface area contributed by atoms with Gasteiger partial charge in [-0.15, -0.1) is 0 Å². The Labute approximate surface area is 102 Å². The van der Waals surface area contributed by atoms with Crippen molar-refractivity contribution in [2.24, 2.45) is 0 Å². The molecule has 0 aliphatic carbocycles. The summed E-state index contributed by atoms with van der Waals surface area (Å²) < 4.78 is 5.03. The second-order valence-electron chi connectivity index (χ2n) is 4.24. The van der Waals surface area contributed by atoms with Crippen molar-refractivity contribution in [2.75, 3.05) is 13.7 Å². The summed E-state index contributed by atoms with van der Waals surface area (Å²) in [5.74, 6) is 0.865. The maximum atomic E-state index is 9.83. The molecule has 4 heteroatoms. The van der Waals surface area contributed by atoms with E-state index >= 15 is 0 Å². The Hall–Kier alpha value is -1.26. The molecule has 4 nitrogen and oxygen atoms in total. The highest BCUT2D eigenvalue weighted by atomic mass is 16.5. The molecule has 0 amide bonds. The largest absolute Gasteiger partial charge is 0.507 e. The van der Waals surface area contributed by atoms with Crippen molar-refractivity contribution in [3.05, 3.63) is 23.8 Å². The van der Waals surface area contributed by atoms with Gasteiger partial charge in [-0.05, 0) is 32.9 Å². The zero-order valence-electron chi connectivity index (χ0n) is 10.6. The van der Waals surface area contributed by atoms with Crippen LogP contribution in [0.1, 0.15) is 31.9 Å². The number of aliphatic hydroxyl groups excluding tert-OH is 1. The molecule has 3 N–H and O–H groups in total. The average molecular weight is 239 g/mol. The Bertz CT molecular complexity index is 353. The SMILES string of the molecule is COc1ccc(C(C)NCCC(C)O)c(O)c1. The van der Waals surface area contributed by atoms with Gasteiger partial charge in [0.25, 0.3) is 0 Å². The van der Waals surface area contributed by atoms with Gasteiger partial charge in [-0.2, -0.15) is 0 Å². The molecule has 1 rings (SSSR count). The first-order valence-corrected chi connectivity index (χ1v) is 5.83. The number of aromatic hydroxyl groups is 1. The van der Waals surface area contributed by atoms with Gasteiger partial charge in [0.1, 0.15) is 11.5 Å². The summed E-state index contributed by atoms with van der Waals surface area (Å²) in [7, 11) is 1.57. The molecule has 0 aromatic heterocycles. The molecule has 2 unspecified atom stereocenters. The first kappa shape index (κ1) is 13.8. The van der Waals surface area contributed by atoms with Gasteiger partial charge in [-0.3, -0.25) is 0 Å². The van der Waals surface area contributed by atoms with Crippen LogP contribution in [-0.4, -0.2) is 30.0 Å². The summed E-state index contributed by atoms with van der Waals surface area (Å²) in [6.07, 6.45) is 0.389. The standard InChI is InChI=1S/C13H21NO3/c1-9(15)6-7-14-10(2)12-5-4-11(17-3)8-13(12)16/h4-5,8-10,14-16H,6-7H2,1-3H3. The van der Waals surface area contributed by atoms with Crippen LogP contribution in [0.2, 0.25) is 0 Å². The van der Waals surface area contributed by atoms with Crippen molar-refractivity contribution in [3.63, 3.8) is 0 Å². The molecule has 0 saturated heterocycles. The third-order valence-electron chi connectivity index (χ3n) is 2.72. The van der Waals surface area contributed by atoms with Crippen LogP contribution in [0.3, 0.4) is 0 Å². The van der Waals surface area contributed by atoms with Crippen molar-refractivity contribution >= 4 is 0 Å². The predicted octanol–water partition coefficient (Wildman–Crippen LogP) is 1.82. The van der Waals surface area contributed by atoms with E-state index in [9.17, 15) is 5.11 Å². The van der Waals surface area contributed by atoms with Crippen molar-refractivity contribution in [2.45, 2.75) is 32.4 Å². The van der Waals surface area contributed by atoms with Crippen LogP contribution in [0.25, 0.3) is 0 Å². The summed E-state index contributed by atoms with van der Waals surface area (Å²) in [6, 6.07) is 5.30. The van der Waals surface area contributed by atoms with Crippen LogP contribution in [0.4, 0.5) is 0 Å². The molecule has 0 saturated carbocycles. The lowest BCUT2D eigenvalue weighted by molar-refractivity contribution is 0.182. The van der Waals surface area contributed by atoms with Crippen molar-refractivity contribution in [3.8, 4) is 11.5 Å². The molecule has 0 heterocycles. The molecular formula is C13H21NO3. The number of rotatable bonds is 6. The number of phenols is 1. The zero-order valence-corrected chi connectivity index (χ0v) is 10.6. The van der Waals surface area contributed by atoms with E-state index in [1.165, 1.54) is 0 Å². The van der Waals surface area contributed by atoms with Gasteiger partial charge in [0.2, 0.25) is 0 Å². The Morgan fingerprint density at radius 1 is 1.35 bits per heavy atom. The van der Waals surface area contributed by atoms with Crippen LogP contribution < -0.4 is 10.1 Å². The number of phenolic OH excluding ortho intramolecular Hbond substituents is 1. The fourth-order valence-electron chi connectivity index (χ4n) is 1.64. The van der Waals surface area contributed by atoms with E-state index in [0.29, 0.717) is 18.7 Å². The molecule has 1 aromatic rings.